The molecular formula is C15H16N6O. The van der Waals surface area contributed by atoms with E-state index in [0.29, 0.717) is 17.4 Å². The molecule has 1 aromatic carbocycles. The van der Waals surface area contributed by atoms with Gasteiger partial charge in [0, 0.05) is 18.7 Å². The topological polar surface area (TPSA) is 95.6 Å². The normalized spacial score (nSPS) is 13.5. The van der Waals surface area contributed by atoms with Crippen molar-refractivity contribution in [1.82, 2.24) is 14.8 Å². The summed E-state index contributed by atoms with van der Waals surface area (Å²) < 4.78 is 1.83. The molecule has 2 aromatic rings. The maximum absolute atomic E-state index is 11.9. The largest absolute Gasteiger partial charge is 0.376 e. The third-order valence-electron chi connectivity index (χ3n) is 3.57. The first-order valence-electron chi connectivity index (χ1n) is 7.10. The SMILES string of the molecule is Cn1c(NC(=O)CNc2ccc(C#N)cc2)nnc1C1CC1. The fraction of sp³-hybridized carbons (Fsp3) is 0.333. The van der Waals surface area contributed by atoms with Crippen LogP contribution in [0.15, 0.2) is 24.3 Å². The zero-order valence-electron chi connectivity index (χ0n) is 12.2. The summed E-state index contributed by atoms with van der Waals surface area (Å²) in [7, 11) is 1.86. The molecule has 112 valence electrons. The Morgan fingerprint density at radius 3 is 2.73 bits per heavy atom. The number of benzene rings is 1. The Morgan fingerprint density at radius 2 is 2.09 bits per heavy atom. The van der Waals surface area contributed by atoms with Crippen molar-refractivity contribution < 1.29 is 4.79 Å². The van der Waals surface area contributed by atoms with Crippen molar-refractivity contribution in [2.24, 2.45) is 7.05 Å². The highest BCUT2D eigenvalue weighted by molar-refractivity contribution is 5.92. The summed E-state index contributed by atoms with van der Waals surface area (Å²) in [5.41, 5.74) is 1.37. The molecule has 0 saturated heterocycles. The lowest BCUT2D eigenvalue weighted by molar-refractivity contribution is -0.114. The number of nitrogens with zero attached hydrogens (tertiary/aromatic N) is 4. The molecule has 0 radical (unpaired) electrons. The second-order valence-electron chi connectivity index (χ2n) is 5.31. The van der Waals surface area contributed by atoms with Crippen LogP contribution in [0.3, 0.4) is 0 Å². The highest BCUT2D eigenvalue weighted by Gasteiger charge is 2.29. The first-order chi connectivity index (χ1) is 10.7. The van der Waals surface area contributed by atoms with Gasteiger partial charge in [0.2, 0.25) is 11.9 Å². The van der Waals surface area contributed by atoms with E-state index in [9.17, 15) is 4.79 Å². The van der Waals surface area contributed by atoms with Crippen LogP contribution in [0.25, 0.3) is 0 Å². The van der Waals surface area contributed by atoms with Crippen LogP contribution < -0.4 is 10.6 Å². The van der Waals surface area contributed by atoms with Gasteiger partial charge in [0.15, 0.2) is 0 Å². The third-order valence-corrected chi connectivity index (χ3v) is 3.57. The summed E-state index contributed by atoms with van der Waals surface area (Å²) in [4.78, 5) is 11.9. The minimum absolute atomic E-state index is 0.123. The second kappa shape index (κ2) is 5.85. The van der Waals surface area contributed by atoms with Crippen molar-refractivity contribution in [3.63, 3.8) is 0 Å². The van der Waals surface area contributed by atoms with Gasteiger partial charge in [-0.1, -0.05) is 0 Å². The highest BCUT2D eigenvalue weighted by Crippen LogP contribution is 2.39. The number of rotatable bonds is 5. The molecular weight excluding hydrogens is 280 g/mol. The standard InChI is InChI=1S/C15H16N6O/c1-21-14(11-4-5-11)19-20-15(21)18-13(22)9-17-12-6-2-10(8-16)3-7-12/h2-3,6-7,11,17H,4-5,9H2,1H3,(H,18,20,22). The van der Waals surface area contributed by atoms with Gasteiger partial charge < -0.3 is 9.88 Å². The molecule has 1 aliphatic carbocycles. The van der Waals surface area contributed by atoms with Gasteiger partial charge in [-0.25, -0.2) is 0 Å². The Balaban J connectivity index is 1.55. The number of aromatic nitrogens is 3. The summed E-state index contributed by atoms with van der Waals surface area (Å²) >= 11 is 0. The number of hydrogen-bond donors (Lipinski definition) is 2. The Labute approximate surface area is 128 Å². The molecule has 7 heteroatoms. The Morgan fingerprint density at radius 1 is 1.36 bits per heavy atom. The van der Waals surface area contributed by atoms with Crippen LogP contribution >= 0.6 is 0 Å². The van der Waals surface area contributed by atoms with E-state index < -0.39 is 0 Å². The number of nitriles is 1. The maximum atomic E-state index is 11.9. The number of anilines is 2. The van der Waals surface area contributed by atoms with Gasteiger partial charge in [-0.15, -0.1) is 10.2 Å². The zero-order chi connectivity index (χ0) is 15.5. The van der Waals surface area contributed by atoms with E-state index in [-0.39, 0.29) is 12.5 Å². The molecule has 1 saturated carbocycles. The minimum Gasteiger partial charge on any atom is -0.376 e. The molecule has 1 aromatic heterocycles. The molecule has 3 rings (SSSR count). The van der Waals surface area contributed by atoms with E-state index in [1.54, 1.807) is 24.3 Å². The molecule has 1 fully saturated rings. The van der Waals surface area contributed by atoms with Crippen molar-refractivity contribution in [1.29, 1.82) is 5.26 Å². The van der Waals surface area contributed by atoms with Gasteiger partial charge in [-0.3, -0.25) is 10.1 Å². The Kier molecular flexibility index (Phi) is 3.74. The van der Waals surface area contributed by atoms with Gasteiger partial charge in [0.1, 0.15) is 5.82 Å². The second-order valence-corrected chi connectivity index (χ2v) is 5.31. The lowest BCUT2D eigenvalue weighted by atomic mass is 10.2. The highest BCUT2D eigenvalue weighted by atomic mass is 16.2. The Hall–Kier alpha value is -2.88. The Bertz CT molecular complexity index is 723. The summed E-state index contributed by atoms with van der Waals surface area (Å²) in [6.07, 6.45) is 2.28. The smallest absolute Gasteiger partial charge is 0.246 e. The number of amides is 1. The van der Waals surface area contributed by atoms with Crippen molar-refractivity contribution in [2.45, 2.75) is 18.8 Å². The first-order valence-corrected chi connectivity index (χ1v) is 7.10. The van der Waals surface area contributed by atoms with E-state index in [0.717, 1.165) is 24.4 Å². The van der Waals surface area contributed by atoms with E-state index in [4.69, 9.17) is 5.26 Å². The maximum Gasteiger partial charge on any atom is 0.246 e. The molecule has 0 bridgehead atoms. The molecule has 1 aliphatic rings. The molecule has 7 nitrogen and oxygen atoms in total. The summed E-state index contributed by atoms with van der Waals surface area (Å²) in [6, 6.07) is 8.97. The summed E-state index contributed by atoms with van der Waals surface area (Å²) in [5.74, 6) is 1.69. The van der Waals surface area contributed by atoms with Crippen LogP contribution in [0.4, 0.5) is 11.6 Å². The zero-order valence-corrected chi connectivity index (χ0v) is 12.2. The first kappa shape index (κ1) is 14.1. The third kappa shape index (κ3) is 3.06. The predicted molar refractivity (Wildman–Crippen MR) is 81.3 cm³/mol. The van der Waals surface area contributed by atoms with Crippen LogP contribution in [0.2, 0.25) is 0 Å². The lowest BCUT2D eigenvalue weighted by Gasteiger charge is -2.07. The van der Waals surface area contributed by atoms with Gasteiger partial charge in [0.25, 0.3) is 0 Å². The van der Waals surface area contributed by atoms with Gasteiger partial charge >= 0.3 is 0 Å². The molecule has 2 N–H and O–H groups in total. The summed E-state index contributed by atoms with van der Waals surface area (Å²) in [5, 5.41) is 22.6. The van der Waals surface area contributed by atoms with Crippen molar-refractivity contribution >= 4 is 17.5 Å². The molecule has 1 amide bonds. The number of nitrogens with one attached hydrogen (secondary N) is 2. The van der Waals surface area contributed by atoms with Crippen LogP contribution in [-0.2, 0) is 11.8 Å². The van der Waals surface area contributed by atoms with E-state index >= 15 is 0 Å². The molecule has 0 atom stereocenters. The van der Waals surface area contributed by atoms with Crippen LogP contribution in [0.5, 0.6) is 0 Å². The number of carbonyl (C=O) groups is 1. The molecule has 0 unspecified atom stereocenters. The van der Waals surface area contributed by atoms with Crippen molar-refractivity contribution in [2.75, 3.05) is 17.2 Å². The fourth-order valence-corrected chi connectivity index (χ4v) is 2.16. The van der Waals surface area contributed by atoms with Gasteiger partial charge in [0.05, 0.1) is 18.2 Å². The fourth-order valence-electron chi connectivity index (χ4n) is 2.16. The molecule has 22 heavy (non-hydrogen) atoms. The van der Waals surface area contributed by atoms with Crippen LogP contribution in [-0.4, -0.2) is 27.2 Å². The van der Waals surface area contributed by atoms with Gasteiger partial charge in [-0.05, 0) is 37.1 Å². The van der Waals surface area contributed by atoms with E-state index in [1.165, 1.54) is 0 Å². The minimum atomic E-state index is -0.192. The predicted octanol–water partition coefficient (Wildman–Crippen LogP) is 1.61. The number of hydrogen-bond acceptors (Lipinski definition) is 5. The quantitative estimate of drug-likeness (QED) is 0.874. The van der Waals surface area contributed by atoms with Crippen LogP contribution in [0, 0.1) is 11.3 Å². The number of carbonyl (C=O) groups excluding carboxylic acids is 1. The molecule has 0 spiro atoms. The average Bonchev–Trinajstić information content (AvgIpc) is 3.31. The van der Waals surface area contributed by atoms with Crippen molar-refractivity contribution in [3.05, 3.63) is 35.7 Å². The molecule has 1 heterocycles. The van der Waals surface area contributed by atoms with Gasteiger partial charge in [-0.2, -0.15) is 5.26 Å². The van der Waals surface area contributed by atoms with Crippen LogP contribution in [0.1, 0.15) is 30.1 Å². The van der Waals surface area contributed by atoms with Crippen molar-refractivity contribution in [3.8, 4) is 6.07 Å². The lowest BCUT2D eigenvalue weighted by Crippen LogP contribution is -2.23. The average molecular weight is 296 g/mol. The van der Waals surface area contributed by atoms with E-state index in [1.807, 2.05) is 17.7 Å². The van der Waals surface area contributed by atoms with E-state index in [2.05, 4.69) is 20.8 Å². The summed E-state index contributed by atoms with van der Waals surface area (Å²) in [6.45, 7) is 0.123. The molecule has 0 aliphatic heterocycles. The monoisotopic (exact) mass is 296 g/mol.